The Balaban J connectivity index is 1.63. The molecule has 1 atom stereocenters. The Morgan fingerprint density at radius 2 is 1.52 bits per heavy atom. The first-order chi connectivity index (χ1) is 19.2. The molecule has 0 heterocycles. The van der Waals surface area contributed by atoms with Gasteiger partial charge in [-0.1, -0.05) is 118 Å². The van der Waals surface area contributed by atoms with Gasteiger partial charge in [0.1, 0.15) is 11.8 Å². The van der Waals surface area contributed by atoms with Crippen LogP contribution in [-0.4, -0.2) is 35.4 Å². The van der Waals surface area contributed by atoms with Crippen molar-refractivity contribution in [3.8, 4) is 5.75 Å². The van der Waals surface area contributed by atoms with Crippen molar-refractivity contribution in [3.63, 3.8) is 0 Å². The minimum atomic E-state index is -0.653. The fourth-order valence-electron chi connectivity index (χ4n) is 5.42. The molecule has 5 nitrogen and oxygen atoms in total. The summed E-state index contributed by atoms with van der Waals surface area (Å²) in [6.07, 6.45) is 5.88. The van der Waals surface area contributed by atoms with Gasteiger partial charge < -0.3 is 15.0 Å². The third-order valence-corrected chi connectivity index (χ3v) is 7.74. The molecule has 0 unspecified atom stereocenters. The summed E-state index contributed by atoms with van der Waals surface area (Å²) in [4.78, 5) is 29.6. The second kappa shape index (κ2) is 13.6. The molecule has 5 heteroatoms. The van der Waals surface area contributed by atoms with Crippen molar-refractivity contribution in [2.75, 3.05) is 6.61 Å². The predicted molar refractivity (Wildman–Crippen MR) is 161 cm³/mol. The van der Waals surface area contributed by atoms with Crippen LogP contribution >= 0.6 is 0 Å². The van der Waals surface area contributed by atoms with E-state index in [1.165, 1.54) is 6.42 Å². The number of hydrogen-bond donors (Lipinski definition) is 1. The molecule has 1 aliphatic carbocycles. The number of hydrogen-bond acceptors (Lipinski definition) is 3. The molecule has 3 aromatic carbocycles. The van der Waals surface area contributed by atoms with Gasteiger partial charge in [-0.2, -0.15) is 0 Å². The van der Waals surface area contributed by atoms with Gasteiger partial charge in [0, 0.05) is 19.0 Å². The summed E-state index contributed by atoms with van der Waals surface area (Å²) < 4.78 is 6.17. The monoisotopic (exact) mass is 540 g/mol. The van der Waals surface area contributed by atoms with E-state index in [0.29, 0.717) is 18.7 Å². The van der Waals surface area contributed by atoms with E-state index in [2.05, 4.69) is 26.1 Å². The SMILES string of the molecule is Cc1ccc(CN(C(=O)COc2ccccc2C(C)(C)C)[C@H](Cc2ccccc2)C(=O)NC2CCCCC2)cc1. The minimum absolute atomic E-state index is 0.0914. The van der Waals surface area contributed by atoms with Crippen LogP contribution in [0.15, 0.2) is 78.9 Å². The average Bonchev–Trinajstić information content (AvgIpc) is 2.95. The highest BCUT2D eigenvalue weighted by atomic mass is 16.5. The number of nitrogens with one attached hydrogen (secondary N) is 1. The molecule has 1 fully saturated rings. The van der Waals surface area contributed by atoms with Crippen molar-refractivity contribution in [3.05, 3.63) is 101 Å². The van der Waals surface area contributed by atoms with Gasteiger partial charge in [0.15, 0.2) is 6.61 Å². The molecule has 0 bridgehead atoms. The first-order valence-electron chi connectivity index (χ1n) is 14.6. The molecule has 0 saturated heterocycles. The molecule has 1 aliphatic rings. The topological polar surface area (TPSA) is 58.6 Å². The van der Waals surface area contributed by atoms with Gasteiger partial charge in [0.05, 0.1) is 0 Å². The van der Waals surface area contributed by atoms with Crippen molar-refractivity contribution in [1.29, 1.82) is 0 Å². The Morgan fingerprint density at radius 3 is 2.20 bits per heavy atom. The van der Waals surface area contributed by atoms with E-state index < -0.39 is 6.04 Å². The Bertz CT molecular complexity index is 1240. The van der Waals surface area contributed by atoms with Crippen LogP contribution in [0, 0.1) is 6.92 Å². The summed E-state index contributed by atoms with van der Waals surface area (Å²) in [6, 6.07) is 25.5. The van der Waals surface area contributed by atoms with Crippen LogP contribution in [0.5, 0.6) is 5.75 Å². The van der Waals surface area contributed by atoms with Gasteiger partial charge in [0.2, 0.25) is 5.91 Å². The summed E-state index contributed by atoms with van der Waals surface area (Å²) in [6.45, 7) is 8.63. The van der Waals surface area contributed by atoms with Crippen molar-refractivity contribution in [1.82, 2.24) is 10.2 Å². The molecule has 1 N–H and O–H groups in total. The van der Waals surface area contributed by atoms with E-state index in [-0.39, 0.29) is 29.9 Å². The highest BCUT2D eigenvalue weighted by molar-refractivity contribution is 5.88. The number of benzene rings is 3. The van der Waals surface area contributed by atoms with E-state index in [9.17, 15) is 9.59 Å². The fourth-order valence-corrected chi connectivity index (χ4v) is 5.42. The van der Waals surface area contributed by atoms with Gasteiger partial charge in [-0.15, -0.1) is 0 Å². The maximum atomic E-state index is 14.0. The van der Waals surface area contributed by atoms with Gasteiger partial charge in [-0.05, 0) is 47.9 Å². The molecule has 2 amide bonds. The van der Waals surface area contributed by atoms with Crippen LogP contribution in [0.25, 0.3) is 0 Å². The molecule has 0 radical (unpaired) electrons. The lowest BCUT2D eigenvalue weighted by Crippen LogP contribution is -2.53. The van der Waals surface area contributed by atoms with E-state index in [4.69, 9.17) is 4.74 Å². The molecular formula is C35H44N2O3. The summed E-state index contributed by atoms with van der Waals surface area (Å²) in [5, 5.41) is 3.30. The number of rotatable bonds is 10. The van der Waals surface area contributed by atoms with E-state index in [1.54, 1.807) is 4.90 Å². The summed E-state index contributed by atoms with van der Waals surface area (Å²) in [7, 11) is 0. The minimum Gasteiger partial charge on any atom is -0.483 e. The second-order valence-corrected chi connectivity index (χ2v) is 12.1. The van der Waals surface area contributed by atoms with E-state index in [1.807, 2.05) is 85.8 Å². The first-order valence-corrected chi connectivity index (χ1v) is 14.6. The Hall–Kier alpha value is -3.60. The molecule has 0 aliphatic heterocycles. The standard InChI is InChI=1S/C35H44N2O3/c1-26-19-21-28(22-20-26)24-37(33(38)25-40-32-18-12-11-17-30(32)35(2,3)4)31(23-27-13-7-5-8-14-27)34(39)36-29-15-9-6-10-16-29/h5,7-8,11-14,17-22,29,31H,6,9-10,15-16,23-25H2,1-4H3,(H,36,39)/t31-/m1/s1. The third kappa shape index (κ3) is 8.20. The van der Waals surface area contributed by atoms with Crippen LogP contribution in [-0.2, 0) is 28.0 Å². The number of amides is 2. The van der Waals surface area contributed by atoms with Crippen LogP contribution < -0.4 is 10.1 Å². The smallest absolute Gasteiger partial charge is 0.261 e. The average molecular weight is 541 g/mol. The van der Waals surface area contributed by atoms with Crippen molar-refractivity contribution in [2.24, 2.45) is 0 Å². The number of para-hydroxylation sites is 1. The van der Waals surface area contributed by atoms with Crippen LogP contribution in [0.4, 0.5) is 0 Å². The van der Waals surface area contributed by atoms with E-state index >= 15 is 0 Å². The number of aryl methyl sites for hydroxylation is 1. The van der Waals surface area contributed by atoms with Crippen LogP contribution in [0.3, 0.4) is 0 Å². The zero-order valence-electron chi connectivity index (χ0n) is 24.5. The van der Waals surface area contributed by atoms with Crippen molar-refractivity contribution < 1.29 is 14.3 Å². The molecule has 40 heavy (non-hydrogen) atoms. The fraction of sp³-hybridized carbons (Fsp3) is 0.429. The Kier molecular flexibility index (Phi) is 10.0. The number of ether oxygens (including phenoxy) is 1. The normalized spacial score (nSPS) is 14.8. The van der Waals surface area contributed by atoms with Crippen molar-refractivity contribution >= 4 is 11.8 Å². The maximum absolute atomic E-state index is 14.0. The number of carbonyl (C=O) groups is 2. The number of nitrogens with zero attached hydrogens (tertiary/aromatic N) is 1. The van der Waals surface area contributed by atoms with Crippen LogP contribution in [0.1, 0.15) is 75.1 Å². The molecule has 0 aromatic heterocycles. The zero-order chi connectivity index (χ0) is 28.5. The van der Waals surface area contributed by atoms with Gasteiger partial charge in [-0.3, -0.25) is 9.59 Å². The maximum Gasteiger partial charge on any atom is 0.261 e. The van der Waals surface area contributed by atoms with Crippen molar-refractivity contribution in [2.45, 2.75) is 90.3 Å². The second-order valence-electron chi connectivity index (χ2n) is 12.1. The van der Waals surface area contributed by atoms with Gasteiger partial charge in [0.25, 0.3) is 5.91 Å². The molecule has 4 rings (SSSR count). The lowest BCUT2D eigenvalue weighted by molar-refractivity contribution is -0.143. The lowest BCUT2D eigenvalue weighted by atomic mass is 9.86. The summed E-state index contributed by atoms with van der Waals surface area (Å²) in [5.41, 5.74) is 4.07. The van der Waals surface area contributed by atoms with Gasteiger partial charge in [-0.25, -0.2) is 0 Å². The third-order valence-electron chi connectivity index (χ3n) is 7.74. The van der Waals surface area contributed by atoms with E-state index in [0.717, 1.165) is 47.9 Å². The number of carbonyl (C=O) groups excluding carboxylic acids is 2. The van der Waals surface area contributed by atoms with Gasteiger partial charge >= 0.3 is 0 Å². The summed E-state index contributed by atoms with van der Waals surface area (Å²) in [5.74, 6) is 0.403. The predicted octanol–water partition coefficient (Wildman–Crippen LogP) is 6.76. The molecular weight excluding hydrogens is 496 g/mol. The molecule has 3 aromatic rings. The lowest BCUT2D eigenvalue weighted by Gasteiger charge is -2.33. The molecule has 1 saturated carbocycles. The first kappa shape index (κ1) is 29.4. The highest BCUT2D eigenvalue weighted by Crippen LogP contribution is 2.31. The largest absolute Gasteiger partial charge is 0.483 e. The summed E-state index contributed by atoms with van der Waals surface area (Å²) >= 11 is 0. The van der Waals surface area contributed by atoms with Crippen LogP contribution in [0.2, 0.25) is 0 Å². The Labute approximate surface area is 239 Å². The zero-order valence-corrected chi connectivity index (χ0v) is 24.5. The highest BCUT2D eigenvalue weighted by Gasteiger charge is 2.32. The molecule has 0 spiro atoms. The quantitative estimate of drug-likeness (QED) is 0.309. The Morgan fingerprint density at radius 1 is 0.875 bits per heavy atom. The molecule has 212 valence electrons.